The van der Waals surface area contributed by atoms with Crippen molar-refractivity contribution < 1.29 is 8.78 Å². The zero-order chi connectivity index (χ0) is 14.3. The average molecular weight is 420 g/mol. The SMILES string of the molecule is Fc1cc(Nc2nc3ccc(Br)cc3s2)c(F)cc1Br. The predicted molar refractivity (Wildman–Crippen MR) is 84.7 cm³/mol. The number of anilines is 2. The molecule has 2 aromatic carbocycles. The number of thiazole rings is 1. The first kappa shape index (κ1) is 13.9. The van der Waals surface area contributed by atoms with Crippen LogP contribution < -0.4 is 5.32 Å². The van der Waals surface area contributed by atoms with Crippen molar-refractivity contribution in [2.24, 2.45) is 0 Å². The van der Waals surface area contributed by atoms with Gasteiger partial charge in [0.25, 0.3) is 0 Å². The van der Waals surface area contributed by atoms with E-state index in [1.165, 1.54) is 11.3 Å². The molecule has 102 valence electrons. The van der Waals surface area contributed by atoms with Crippen molar-refractivity contribution in [1.29, 1.82) is 0 Å². The molecule has 0 spiro atoms. The van der Waals surface area contributed by atoms with Crippen LogP contribution in [-0.2, 0) is 0 Å². The number of nitrogens with zero attached hydrogens (tertiary/aromatic N) is 1. The third-order valence-electron chi connectivity index (χ3n) is 2.60. The topological polar surface area (TPSA) is 24.9 Å². The van der Waals surface area contributed by atoms with Crippen LogP contribution in [0.15, 0.2) is 39.3 Å². The Labute approximate surface area is 134 Å². The van der Waals surface area contributed by atoms with Crippen molar-refractivity contribution in [2.75, 3.05) is 5.32 Å². The van der Waals surface area contributed by atoms with Crippen molar-refractivity contribution in [3.05, 3.63) is 50.9 Å². The van der Waals surface area contributed by atoms with Crippen molar-refractivity contribution >= 4 is 64.2 Å². The van der Waals surface area contributed by atoms with Crippen molar-refractivity contribution in [3.63, 3.8) is 0 Å². The number of rotatable bonds is 2. The second-order valence-electron chi connectivity index (χ2n) is 4.00. The number of aromatic nitrogens is 1. The minimum Gasteiger partial charge on any atom is -0.329 e. The zero-order valence-electron chi connectivity index (χ0n) is 9.75. The van der Waals surface area contributed by atoms with Gasteiger partial charge in [0.05, 0.1) is 20.4 Å². The van der Waals surface area contributed by atoms with Gasteiger partial charge in [-0.3, -0.25) is 0 Å². The summed E-state index contributed by atoms with van der Waals surface area (Å²) in [6, 6.07) is 7.85. The largest absolute Gasteiger partial charge is 0.329 e. The van der Waals surface area contributed by atoms with E-state index >= 15 is 0 Å². The van der Waals surface area contributed by atoms with Crippen LogP contribution in [0.3, 0.4) is 0 Å². The molecule has 0 atom stereocenters. The Hall–Kier alpha value is -1.05. The van der Waals surface area contributed by atoms with Crippen LogP contribution in [0.2, 0.25) is 0 Å². The standard InChI is InChI=1S/C13H6Br2F2N2S/c14-6-1-2-10-12(3-6)20-13(18-10)19-11-5-8(16)7(15)4-9(11)17/h1-5H,(H,18,19). The molecule has 0 unspecified atom stereocenters. The quantitative estimate of drug-likeness (QED) is 0.527. The Morgan fingerprint density at radius 1 is 1.05 bits per heavy atom. The number of hydrogen-bond acceptors (Lipinski definition) is 3. The Morgan fingerprint density at radius 3 is 2.65 bits per heavy atom. The molecular formula is C13H6Br2F2N2S. The predicted octanol–water partition coefficient (Wildman–Crippen LogP) is 5.84. The molecule has 0 aliphatic heterocycles. The fourth-order valence-electron chi connectivity index (χ4n) is 1.69. The normalized spacial score (nSPS) is 11.0. The van der Waals surface area contributed by atoms with Crippen molar-refractivity contribution in [1.82, 2.24) is 4.98 Å². The van der Waals surface area contributed by atoms with Crippen LogP contribution in [0.1, 0.15) is 0 Å². The van der Waals surface area contributed by atoms with Crippen LogP contribution in [-0.4, -0.2) is 4.98 Å². The second kappa shape index (κ2) is 5.38. The minimum absolute atomic E-state index is 0.0591. The van der Waals surface area contributed by atoms with E-state index in [0.717, 1.165) is 26.8 Å². The molecule has 0 aliphatic carbocycles. The molecule has 0 saturated heterocycles. The van der Waals surface area contributed by atoms with Gasteiger partial charge in [-0.15, -0.1) is 0 Å². The highest BCUT2D eigenvalue weighted by Crippen LogP contribution is 2.32. The number of fused-ring (bicyclic) bond motifs is 1. The maximum Gasteiger partial charge on any atom is 0.188 e. The summed E-state index contributed by atoms with van der Waals surface area (Å²) < 4.78 is 29.2. The lowest BCUT2D eigenvalue weighted by molar-refractivity contribution is 0.598. The van der Waals surface area contributed by atoms with Crippen LogP contribution >= 0.6 is 43.2 Å². The number of hydrogen-bond donors (Lipinski definition) is 1. The minimum atomic E-state index is -0.543. The van der Waals surface area contributed by atoms with E-state index in [1.807, 2.05) is 18.2 Å². The third-order valence-corrected chi connectivity index (χ3v) is 4.64. The van der Waals surface area contributed by atoms with Crippen molar-refractivity contribution in [2.45, 2.75) is 0 Å². The number of benzene rings is 2. The highest BCUT2D eigenvalue weighted by atomic mass is 79.9. The van der Waals surface area contributed by atoms with Crippen LogP contribution in [0.25, 0.3) is 10.2 Å². The molecule has 0 saturated carbocycles. The molecule has 20 heavy (non-hydrogen) atoms. The summed E-state index contributed by atoms with van der Waals surface area (Å²) in [6.45, 7) is 0. The molecule has 1 N–H and O–H groups in total. The maximum absolute atomic E-state index is 13.7. The van der Waals surface area contributed by atoms with Gasteiger partial charge in [0.2, 0.25) is 0 Å². The van der Waals surface area contributed by atoms with E-state index in [-0.39, 0.29) is 10.2 Å². The first-order valence-electron chi connectivity index (χ1n) is 5.50. The van der Waals surface area contributed by atoms with Gasteiger partial charge in [-0.2, -0.15) is 0 Å². The molecule has 0 fully saturated rings. The molecule has 7 heteroatoms. The van der Waals surface area contributed by atoms with E-state index in [0.29, 0.717) is 5.13 Å². The van der Waals surface area contributed by atoms with Gasteiger partial charge in [-0.1, -0.05) is 27.3 Å². The Balaban J connectivity index is 1.99. The first-order valence-corrected chi connectivity index (χ1v) is 7.91. The fraction of sp³-hybridized carbons (Fsp3) is 0. The van der Waals surface area contributed by atoms with Gasteiger partial charge in [0.1, 0.15) is 11.6 Å². The van der Waals surface area contributed by atoms with E-state index in [1.54, 1.807) is 0 Å². The van der Waals surface area contributed by atoms with Gasteiger partial charge in [-0.05, 0) is 40.2 Å². The fourth-order valence-corrected chi connectivity index (χ4v) is 3.43. The lowest BCUT2D eigenvalue weighted by atomic mass is 10.3. The Kier molecular flexibility index (Phi) is 3.74. The molecule has 2 nitrogen and oxygen atoms in total. The van der Waals surface area contributed by atoms with Gasteiger partial charge >= 0.3 is 0 Å². The summed E-state index contributed by atoms with van der Waals surface area (Å²) in [6.07, 6.45) is 0. The molecule has 0 amide bonds. The summed E-state index contributed by atoms with van der Waals surface area (Å²) in [5.41, 5.74) is 0.863. The van der Waals surface area contributed by atoms with Crippen LogP contribution in [0.5, 0.6) is 0 Å². The van der Waals surface area contributed by atoms with E-state index in [2.05, 4.69) is 42.2 Å². The maximum atomic E-state index is 13.7. The Bertz CT molecular complexity index is 804. The smallest absolute Gasteiger partial charge is 0.188 e. The molecule has 0 aliphatic rings. The first-order chi connectivity index (χ1) is 9.52. The summed E-state index contributed by atoms with van der Waals surface area (Å²) in [5, 5.41) is 3.32. The van der Waals surface area contributed by atoms with E-state index in [4.69, 9.17) is 0 Å². The molecule has 0 bridgehead atoms. The van der Waals surface area contributed by atoms with Crippen molar-refractivity contribution in [3.8, 4) is 0 Å². The molecule has 3 rings (SSSR count). The zero-order valence-corrected chi connectivity index (χ0v) is 13.7. The molecule has 1 heterocycles. The van der Waals surface area contributed by atoms with Crippen LogP contribution in [0.4, 0.5) is 19.6 Å². The van der Waals surface area contributed by atoms with E-state index in [9.17, 15) is 8.78 Å². The van der Waals surface area contributed by atoms with Gasteiger partial charge in [-0.25, -0.2) is 13.8 Å². The van der Waals surface area contributed by atoms with Crippen LogP contribution in [0, 0.1) is 11.6 Å². The average Bonchev–Trinajstić information content (AvgIpc) is 2.77. The second-order valence-corrected chi connectivity index (χ2v) is 6.80. The summed E-state index contributed by atoms with van der Waals surface area (Å²) in [7, 11) is 0. The number of halogens is 4. The lowest BCUT2D eigenvalue weighted by Gasteiger charge is -2.05. The molecule has 0 radical (unpaired) electrons. The highest BCUT2D eigenvalue weighted by Gasteiger charge is 2.11. The van der Waals surface area contributed by atoms with E-state index < -0.39 is 11.6 Å². The molecular weight excluding hydrogens is 414 g/mol. The third kappa shape index (κ3) is 2.70. The molecule has 3 aromatic rings. The number of nitrogens with one attached hydrogen (secondary N) is 1. The highest BCUT2D eigenvalue weighted by molar-refractivity contribution is 9.10. The monoisotopic (exact) mass is 418 g/mol. The lowest BCUT2D eigenvalue weighted by Crippen LogP contribution is -1.94. The Morgan fingerprint density at radius 2 is 1.85 bits per heavy atom. The summed E-state index contributed by atoms with van der Waals surface area (Å²) >= 11 is 7.69. The van der Waals surface area contributed by atoms with Gasteiger partial charge in [0, 0.05) is 10.5 Å². The summed E-state index contributed by atoms with van der Waals surface area (Å²) in [4.78, 5) is 4.33. The summed E-state index contributed by atoms with van der Waals surface area (Å²) in [5.74, 6) is -1.07. The molecule has 1 aromatic heterocycles. The van der Waals surface area contributed by atoms with Gasteiger partial charge < -0.3 is 5.32 Å². The van der Waals surface area contributed by atoms with Gasteiger partial charge in [0.15, 0.2) is 5.13 Å².